The van der Waals surface area contributed by atoms with Crippen molar-refractivity contribution in [2.45, 2.75) is 6.42 Å². The normalized spacial score (nSPS) is 15.0. The first-order chi connectivity index (χ1) is 12.3. The predicted molar refractivity (Wildman–Crippen MR) is 101 cm³/mol. The number of piperazine rings is 1. The van der Waals surface area contributed by atoms with Gasteiger partial charge in [-0.15, -0.1) is 0 Å². The van der Waals surface area contributed by atoms with Crippen molar-refractivity contribution in [1.29, 1.82) is 0 Å². The quantitative estimate of drug-likeness (QED) is 0.879. The molecule has 0 unspecified atom stereocenters. The lowest BCUT2D eigenvalue weighted by Gasteiger charge is -2.36. The summed E-state index contributed by atoms with van der Waals surface area (Å²) < 4.78 is 5.45. The largest absolute Gasteiger partial charge is 0.495 e. The van der Waals surface area contributed by atoms with Crippen LogP contribution in [0.4, 0.5) is 11.4 Å². The number of para-hydroxylation sites is 3. The molecule has 5 heteroatoms. The second kappa shape index (κ2) is 8.53. The van der Waals surface area contributed by atoms with Crippen molar-refractivity contribution in [3.8, 4) is 5.75 Å². The average Bonchev–Trinajstić information content (AvgIpc) is 2.67. The molecule has 5 nitrogen and oxygen atoms in total. The highest BCUT2D eigenvalue weighted by molar-refractivity contribution is 5.90. The van der Waals surface area contributed by atoms with Crippen LogP contribution in [0.5, 0.6) is 5.75 Å². The Labute approximate surface area is 149 Å². The van der Waals surface area contributed by atoms with Crippen molar-refractivity contribution in [2.75, 3.05) is 50.1 Å². The van der Waals surface area contributed by atoms with Gasteiger partial charge in [-0.3, -0.25) is 9.69 Å². The topological polar surface area (TPSA) is 44.8 Å². The van der Waals surface area contributed by atoms with Gasteiger partial charge in [0.1, 0.15) is 5.75 Å². The summed E-state index contributed by atoms with van der Waals surface area (Å²) in [5.74, 6) is 0.983. The zero-order valence-corrected chi connectivity index (χ0v) is 14.6. The minimum atomic E-state index is 0.0679. The fourth-order valence-electron chi connectivity index (χ4n) is 3.11. The van der Waals surface area contributed by atoms with Crippen molar-refractivity contribution in [3.63, 3.8) is 0 Å². The van der Waals surface area contributed by atoms with Crippen molar-refractivity contribution in [1.82, 2.24) is 4.90 Å². The number of hydrogen-bond donors (Lipinski definition) is 1. The van der Waals surface area contributed by atoms with Gasteiger partial charge < -0.3 is 15.0 Å². The number of hydrogen-bond acceptors (Lipinski definition) is 4. The summed E-state index contributed by atoms with van der Waals surface area (Å²) in [6.45, 7) is 4.59. The first kappa shape index (κ1) is 17.3. The van der Waals surface area contributed by atoms with E-state index in [0.29, 0.717) is 6.42 Å². The predicted octanol–water partition coefficient (Wildman–Crippen LogP) is 2.85. The smallest absolute Gasteiger partial charge is 0.225 e. The molecule has 0 radical (unpaired) electrons. The number of carbonyl (C=O) groups is 1. The Morgan fingerprint density at radius 2 is 1.68 bits per heavy atom. The highest BCUT2D eigenvalue weighted by Crippen LogP contribution is 2.28. The van der Waals surface area contributed by atoms with Gasteiger partial charge in [-0.05, 0) is 24.3 Å². The molecule has 0 aromatic heterocycles. The molecule has 1 aliphatic rings. The molecule has 1 N–H and O–H groups in total. The van der Waals surface area contributed by atoms with Crippen LogP contribution < -0.4 is 15.0 Å². The Morgan fingerprint density at radius 3 is 2.40 bits per heavy atom. The van der Waals surface area contributed by atoms with Crippen LogP contribution in [0.3, 0.4) is 0 Å². The molecule has 0 aliphatic carbocycles. The summed E-state index contributed by atoms with van der Waals surface area (Å²) >= 11 is 0. The number of methoxy groups -OCH3 is 1. The van der Waals surface area contributed by atoms with Crippen LogP contribution in [0, 0.1) is 0 Å². The van der Waals surface area contributed by atoms with E-state index < -0.39 is 0 Å². The van der Waals surface area contributed by atoms with E-state index in [1.807, 2.05) is 48.5 Å². The van der Waals surface area contributed by atoms with Crippen molar-refractivity contribution >= 4 is 17.3 Å². The number of amides is 1. The van der Waals surface area contributed by atoms with E-state index in [1.165, 1.54) is 0 Å². The van der Waals surface area contributed by atoms with Gasteiger partial charge in [-0.2, -0.15) is 0 Å². The molecule has 1 aliphatic heterocycles. The van der Waals surface area contributed by atoms with Crippen LogP contribution in [0.1, 0.15) is 6.42 Å². The summed E-state index contributed by atoms with van der Waals surface area (Å²) in [7, 11) is 1.71. The number of benzene rings is 2. The minimum absolute atomic E-state index is 0.0679. The SMILES string of the molecule is COc1ccccc1N1CCN(CCC(=O)Nc2ccccc2)CC1. The maximum absolute atomic E-state index is 12.1. The summed E-state index contributed by atoms with van der Waals surface area (Å²) in [6.07, 6.45) is 0.517. The van der Waals surface area contributed by atoms with E-state index >= 15 is 0 Å². The lowest BCUT2D eigenvalue weighted by atomic mass is 10.2. The van der Waals surface area contributed by atoms with Crippen LogP contribution in [0.15, 0.2) is 54.6 Å². The van der Waals surface area contributed by atoms with Gasteiger partial charge in [0.2, 0.25) is 5.91 Å². The van der Waals surface area contributed by atoms with E-state index in [4.69, 9.17) is 4.74 Å². The zero-order valence-electron chi connectivity index (χ0n) is 14.6. The molecule has 0 bridgehead atoms. The third-order valence-electron chi connectivity index (χ3n) is 4.51. The molecule has 1 fully saturated rings. The van der Waals surface area contributed by atoms with Crippen LogP contribution >= 0.6 is 0 Å². The molecule has 3 rings (SSSR count). The molecule has 2 aromatic rings. The summed E-state index contributed by atoms with van der Waals surface area (Å²) in [4.78, 5) is 16.8. The van der Waals surface area contributed by atoms with Crippen molar-refractivity contribution < 1.29 is 9.53 Å². The van der Waals surface area contributed by atoms with Crippen molar-refractivity contribution in [2.24, 2.45) is 0 Å². The van der Waals surface area contributed by atoms with E-state index in [-0.39, 0.29) is 5.91 Å². The summed E-state index contributed by atoms with van der Waals surface area (Å²) in [6, 6.07) is 17.7. The molecule has 2 aromatic carbocycles. The van der Waals surface area contributed by atoms with E-state index in [0.717, 1.165) is 49.8 Å². The fourth-order valence-corrected chi connectivity index (χ4v) is 3.11. The molecule has 1 amide bonds. The number of anilines is 2. The third-order valence-corrected chi connectivity index (χ3v) is 4.51. The van der Waals surface area contributed by atoms with Gasteiger partial charge in [0.25, 0.3) is 0 Å². The summed E-state index contributed by atoms with van der Waals surface area (Å²) in [5, 5.41) is 2.94. The summed E-state index contributed by atoms with van der Waals surface area (Å²) in [5.41, 5.74) is 2.00. The number of rotatable bonds is 6. The fraction of sp³-hybridized carbons (Fsp3) is 0.350. The highest BCUT2D eigenvalue weighted by atomic mass is 16.5. The second-order valence-corrected chi connectivity index (χ2v) is 6.16. The standard InChI is InChI=1S/C20H25N3O2/c1-25-19-10-6-5-9-18(19)23-15-13-22(14-16-23)12-11-20(24)21-17-7-3-2-4-8-17/h2-10H,11-16H2,1H3,(H,21,24). The average molecular weight is 339 g/mol. The molecule has 0 atom stereocenters. The van der Waals surface area contributed by atoms with Gasteiger partial charge in [0, 0.05) is 44.8 Å². The first-order valence-corrected chi connectivity index (χ1v) is 8.71. The van der Waals surface area contributed by atoms with Gasteiger partial charge in [-0.1, -0.05) is 30.3 Å². The molecule has 1 saturated heterocycles. The van der Waals surface area contributed by atoms with Crippen LogP contribution in [-0.4, -0.2) is 50.6 Å². The molecule has 0 spiro atoms. The molecular weight excluding hydrogens is 314 g/mol. The number of carbonyl (C=O) groups excluding carboxylic acids is 1. The number of ether oxygens (including phenoxy) is 1. The Hall–Kier alpha value is -2.53. The lowest BCUT2D eigenvalue weighted by molar-refractivity contribution is -0.116. The van der Waals surface area contributed by atoms with Gasteiger partial charge in [-0.25, -0.2) is 0 Å². The van der Waals surface area contributed by atoms with E-state index in [2.05, 4.69) is 21.2 Å². The van der Waals surface area contributed by atoms with E-state index in [9.17, 15) is 4.79 Å². The monoisotopic (exact) mass is 339 g/mol. The Balaban J connectivity index is 1.44. The molecule has 132 valence electrons. The maximum atomic E-state index is 12.1. The maximum Gasteiger partial charge on any atom is 0.225 e. The Kier molecular flexibility index (Phi) is 5.90. The van der Waals surface area contributed by atoms with Crippen LogP contribution in [0.25, 0.3) is 0 Å². The minimum Gasteiger partial charge on any atom is -0.495 e. The zero-order chi connectivity index (χ0) is 17.5. The van der Waals surface area contributed by atoms with Crippen molar-refractivity contribution in [3.05, 3.63) is 54.6 Å². The van der Waals surface area contributed by atoms with Crippen LogP contribution in [-0.2, 0) is 4.79 Å². The molecular formula is C20H25N3O2. The van der Waals surface area contributed by atoms with Crippen LogP contribution in [0.2, 0.25) is 0 Å². The molecule has 25 heavy (non-hydrogen) atoms. The third kappa shape index (κ3) is 4.73. The molecule has 0 saturated carbocycles. The first-order valence-electron chi connectivity index (χ1n) is 8.71. The number of nitrogens with zero attached hydrogens (tertiary/aromatic N) is 2. The molecule has 1 heterocycles. The Bertz CT molecular complexity index is 682. The Morgan fingerprint density at radius 1 is 1.00 bits per heavy atom. The van der Waals surface area contributed by atoms with Gasteiger partial charge in [0.15, 0.2) is 0 Å². The number of nitrogens with one attached hydrogen (secondary N) is 1. The lowest BCUT2D eigenvalue weighted by Crippen LogP contribution is -2.47. The van der Waals surface area contributed by atoms with E-state index in [1.54, 1.807) is 7.11 Å². The highest BCUT2D eigenvalue weighted by Gasteiger charge is 2.19. The second-order valence-electron chi connectivity index (χ2n) is 6.16. The van der Waals surface area contributed by atoms with Gasteiger partial charge in [0.05, 0.1) is 12.8 Å². The van der Waals surface area contributed by atoms with Gasteiger partial charge >= 0.3 is 0 Å².